The summed E-state index contributed by atoms with van der Waals surface area (Å²) in [5.74, 6) is 0.670. The number of carbonyl (C=O) groups excluding carboxylic acids is 1. The van der Waals surface area contributed by atoms with E-state index >= 15 is 0 Å². The Labute approximate surface area is 206 Å². The number of hydrogen-bond donors (Lipinski definition) is 2. The Kier molecular flexibility index (Phi) is 7.31. The summed E-state index contributed by atoms with van der Waals surface area (Å²) in [6, 6.07) is 17.5. The number of nitrogens with one attached hydrogen (secondary N) is 2. The van der Waals surface area contributed by atoms with Crippen molar-refractivity contribution < 1.29 is 14.3 Å². The van der Waals surface area contributed by atoms with Gasteiger partial charge in [0.25, 0.3) is 0 Å². The monoisotopic (exact) mass is 473 g/mol. The topological polar surface area (TPSA) is 90.8 Å². The molecule has 35 heavy (non-hydrogen) atoms. The summed E-state index contributed by atoms with van der Waals surface area (Å²) in [7, 11) is 4.82. The second-order valence-corrected chi connectivity index (χ2v) is 8.41. The molecule has 0 amide bonds. The minimum Gasteiger partial charge on any atom is -0.497 e. The number of carbonyl (C=O) groups is 1. The number of methoxy groups -OCH3 is 2. The lowest BCUT2D eigenvalue weighted by molar-refractivity contribution is 0.0594. The van der Waals surface area contributed by atoms with Crippen LogP contribution in [0.15, 0.2) is 54.6 Å². The molecule has 0 aliphatic carbocycles. The number of aromatic nitrogens is 1. The maximum atomic E-state index is 12.6. The lowest BCUT2D eigenvalue weighted by Crippen LogP contribution is -2.43. The number of piperazine rings is 1. The Morgan fingerprint density at radius 2 is 1.80 bits per heavy atom. The molecule has 0 spiro atoms. The molecule has 182 valence electrons. The van der Waals surface area contributed by atoms with Crippen molar-refractivity contribution in [2.24, 2.45) is 0 Å². The fourth-order valence-corrected chi connectivity index (χ4v) is 4.30. The molecule has 1 fully saturated rings. The van der Waals surface area contributed by atoms with Crippen LogP contribution in [0.3, 0.4) is 0 Å². The van der Waals surface area contributed by atoms with Gasteiger partial charge in [-0.3, -0.25) is 0 Å². The van der Waals surface area contributed by atoms with Crippen LogP contribution in [0.4, 0.5) is 17.2 Å². The minimum absolute atomic E-state index is 0.184. The van der Waals surface area contributed by atoms with E-state index in [1.807, 2.05) is 48.3 Å². The molecule has 3 aromatic rings. The van der Waals surface area contributed by atoms with E-state index in [1.54, 1.807) is 20.1 Å². The highest BCUT2D eigenvalue weighted by Crippen LogP contribution is 2.36. The van der Waals surface area contributed by atoms with Gasteiger partial charge in [0.2, 0.25) is 0 Å². The van der Waals surface area contributed by atoms with Crippen molar-refractivity contribution in [3.05, 3.63) is 65.9 Å². The standard InChI is InChI=1S/C27H31N5O3/c1-18(28)25-23(19-8-10-20(11-9-19)32-14-12-29-13-15-32)17-24(27(33)35-4)30-26(25)31(2)21-6-5-7-22(16-21)34-3/h5-11,16-17,28-29H,12-15H2,1-4H3. The first-order chi connectivity index (χ1) is 16.9. The third-order valence-corrected chi connectivity index (χ3v) is 6.19. The van der Waals surface area contributed by atoms with E-state index < -0.39 is 5.97 Å². The van der Waals surface area contributed by atoms with Crippen LogP contribution in [0.25, 0.3) is 11.1 Å². The molecule has 0 radical (unpaired) electrons. The maximum absolute atomic E-state index is 12.6. The number of esters is 1. The molecule has 8 nitrogen and oxygen atoms in total. The molecule has 0 atom stereocenters. The van der Waals surface area contributed by atoms with Gasteiger partial charge in [0, 0.05) is 61.9 Å². The molecule has 2 heterocycles. The Morgan fingerprint density at radius 1 is 1.09 bits per heavy atom. The average molecular weight is 474 g/mol. The lowest BCUT2D eigenvalue weighted by Gasteiger charge is -2.29. The molecule has 1 aliphatic rings. The summed E-state index contributed by atoms with van der Waals surface area (Å²) >= 11 is 0. The van der Waals surface area contributed by atoms with Crippen LogP contribution in [0.5, 0.6) is 5.75 Å². The summed E-state index contributed by atoms with van der Waals surface area (Å²) in [6.45, 7) is 5.58. The summed E-state index contributed by atoms with van der Waals surface area (Å²) in [4.78, 5) is 21.4. The predicted octanol–water partition coefficient (Wildman–Crippen LogP) is 4.11. The normalized spacial score (nSPS) is 13.3. The van der Waals surface area contributed by atoms with Crippen molar-refractivity contribution in [2.75, 3.05) is 57.2 Å². The first kappa shape index (κ1) is 24.2. The molecule has 2 aromatic carbocycles. The summed E-state index contributed by atoms with van der Waals surface area (Å²) in [5, 5.41) is 12.0. The van der Waals surface area contributed by atoms with E-state index in [9.17, 15) is 4.79 Å². The fraction of sp³-hybridized carbons (Fsp3) is 0.296. The van der Waals surface area contributed by atoms with Gasteiger partial charge in [-0.25, -0.2) is 9.78 Å². The lowest BCUT2D eigenvalue weighted by atomic mass is 9.96. The molecule has 0 unspecified atom stereocenters. The van der Waals surface area contributed by atoms with Crippen LogP contribution in [0, 0.1) is 5.41 Å². The molecular formula is C27H31N5O3. The zero-order valence-electron chi connectivity index (χ0n) is 20.6. The van der Waals surface area contributed by atoms with Crippen LogP contribution >= 0.6 is 0 Å². The Balaban J connectivity index is 1.84. The van der Waals surface area contributed by atoms with E-state index in [0.717, 1.165) is 48.7 Å². The number of rotatable bonds is 7. The second-order valence-electron chi connectivity index (χ2n) is 8.41. The third kappa shape index (κ3) is 5.12. The van der Waals surface area contributed by atoms with E-state index in [0.29, 0.717) is 22.8 Å². The Morgan fingerprint density at radius 3 is 2.43 bits per heavy atom. The predicted molar refractivity (Wildman–Crippen MR) is 140 cm³/mol. The number of nitrogens with zero attached hydrogens (tertiary/aromatic N) is 3. The molecule has 8 heteroatoms. The summed E-state index contributed by atoms with van der Waals surface area (Å²) in [5.41, 5.74) is 4.81. The molecular weight excluding hydrogens is 442 g/mol. The van der Waals surface area contributed by atoms with Crippen molar-refractivity contribution >= 4 is 28.9 Å². The Hall–Kier alpha value is -3.91. The third-order valence-electron chi connectivity index (χ3n) is 6.19. The van der Waals surface area contributed by atoms with Crippen LogP contribution in [-0.4, -0.2) is 64.1 Å². The van der Waals surface area contributed by atoms with Gasteiger partial charge in [0.1, 0.15) is 11.6 Å². The van der Waals surface area contributed by atoms with Gasteiger partial charge in [-0.1, -0.05) is 18.2 Å². The molecule has 4 rings (SSSR count). The zero-order chi connectivity index (χ0) is 24.9. The van der Waals surface area contributed by atoms with Gasteiger partial charge in [-0.15, -0.1) is 0 Å². The van der Waals surface area contributed by atoms with Crippen LogP contribution in [-0.2, 0) is 4.74 Å². The van der Waals surface area contributed by atoms with E-state index in [1.165, 1.54) is 7.11 Å². The SMILES string of the molecule is COC(=O)c1cc(-c2ccc(N3CCNCC3)cc2)c(C(C)=N)c(N(C)c2cccc(OC)c2)n1. The first-order valence-electron chi connectivity index (χ1n) is 11.6. The van der Waals surface area contributed by atoms with Gasteiger partial charge in [-0.2, -0.15) is 0 Å². The quantitative estimate of drug-likeness (QED) is 0.394. The average Bonchev–Trinajstić information content (AvgIpc) is 2.91. The number of ether oxygens (including phenoxy) is 2. The first-order valence-corrected chi connectivity index (χ1v) is 11.6. The van der Waals surface area contributed by atoms with Gasteiger partial charge < -0.3 is 30.0 Å². The summed E-state index contributed by atoms with van der Waals surface area (Å²) < 4.78 is 10.4. The van der Waals surface area contributed by atoms with Crippen molar-refractivity contribution in [3.63, 3.8) is 0 Å². The van der Waals surface area contributed by atoms with Crippen LogP contribution in [0.1, 0.15) is 23.0 Å². The maximum Gasteiger partial charge on any atom is 0.356 e. The molecule has 1 aromatic heterocycles. The van der Waals surface area contributed by atoms with Crippen molar-refractivity contribution in [1.82, 2.24) is 10.3 Å². The largest absolute Gasteiger partial charge is 0.497 e. The number of pyridine rings is 1. The van der Waals surface area contributed by atoms with E-state index in [4.69, 9.17) is 14.9 Å². The van der Waals surface area contributed by atoms with Crippen molar-refractivity contribution in [1.29, 1.82) is 5.41 Å². The Bertz CT molecular complexity index is 1220. The van der Waals surface area contributed by atoms with Gasteiger partial charge >= 0.3 is 5.97 Å². The number of benzene rings is 2. The molecule has 2 N–H and O–H groups in total. The highest BCUT2D eigenvalue weighted by atomic mass is 16.5. The van der Waals surface area contributed by atoms with Crippen LogP contribution in [0.2, 0.25) is 0 Å². The van der Waals surface area contributed by atoms with Crippen molar-refractivity contribution in [3.8, 4) is 16.9 Å². The highest BCUT2D eigenvalue weighted by molar-refractivity contribution is 6.08. The summed E-state index contributed by atoms with van der Waals surface area (Å²) in [6.07, 6.45) is 0. The fourth-order valence-electron chi connectivity index (χ4n) is 4.30. The van der Waals surface area contributed by atoms with E-state index in [2.05, 4.69) is 27.3 Å². The van der Waals surface area contributed by atoms with Gasteiger partial charge in [0.05, 0.1) is 14.2 Å². The molecule has 1 aliphatic heterocycles. The number of anilines is 3. The minimum atomic E-state index is -0.529. The molecule has 0 bridgehead atoms. The van der Waals surface area contributed by atoms with Crippen molar-refractivity contribution in [2.45, 2.75) is 6.92 Å². The highest BCUT2D eigenvalue weighted by Gasteiger charge is 2.23. The molecule has 1 saturated heterocycles. The van der Waals surface area contributed by atoms with Gasteiger partial charge in [0.15, 0.2) is 5.69 Å². The van der Waals surface area contributed by atoms with Gasteiger partial charge in [-0.05, 0) is 48.4 Å². The van der Waals surface area contributed by atoms with E-state index in [-0.39, 0.29) is 5.69 Å². The van der Waals surface area contributed by atoms with Crippen LogP contribution < -0.4 is 19.9 Å². The zero-order valence-corrected chi connectivity index (χ0v) is 20.6. The second kappa shape index (κ2) is 10.6. The smallest absolute Gasteiger partial charge is 0.356 e. The number of hydrogen-bond acceptors (Lipinski definition) is 8. The molecule has 0 saturated carbocycles.